The van der Waals surface area contributed by atoms with Crippen molar-refractivity contribution in [3.05, 3.63) is 0 Å². The molecule has 1 N–H and O–H groups in total. The highest BCUT2D eigenvalue weighted by Gasteiger charge is 2.41. The number of amidine groups is 1. The number of aliphatic imine (C=N–C) groups is 1. The summed E-state index contributed by atoms with van der Waals surface area (Å²) in [6.45, 7) is 3.33. The van der Waals surface area contributed by atoms with Gasteiger partial charge >= 0.3 is 0 Å². The van der Waals surface area contributed by atoms with Gasteiger partial charge in [0.15, 0.2) is 5.17 Å². The second-order valence-electron chi connectivity index (χ2n) is 5.34. The van der Waals surface area contributed by atoms with Gasteiger partial charge in [-0.05, 0) is 50.4 Å². The van der Waals surface area contributed by atoms with E-state index in [2.05, 4.69) is 12.2 Å². The Labute approximate surface area is 96.3 Å². The first-order chi connectivity index (χ1) is 7.33. The fourth-order valence-electron chi connectivity index (χ4n) is 2.51. The number of nitrogens with zero attached hydrogens (tertiary/aromatic N) is 1. The van der Waals surface area contributed by atoms with Crippen LogP contribution in [0.2, 0.25) is 0 Å². The molecule has 0 amide bonds. The smallest absolute Gasteiger partial charge is 0.156 e. The summed E-state index contributed by atoms with van der Waals surface area (Å²) in [5.41, 5.74) is 0. The van der Waals surface area contributed by atoms with Crippen LogP contribution < -0.4 is 5.32 Å². The fourth-order valence-corrected chi connectivity index (χ4v) is 3.45. The van der Waals surface area contributed by atoms with Gasteiger partial charge in [-0.1, -0.05) is 11.8 Å². The van der Waals surface area contributed by atoms with Crippen molar-refractivity contribution in [3.63, 3.8) is 0 Å². The van der Waals surface area contributed by atoms with Crippen LogP contribution in [-0.2, 0) is 0 Å². The topological polar surface area (TPSA) is 24.4 Å². The van der Waals surface area contributed by atoms with E-state index < -0.39 is 0 Å². The molecule has 2 nitrogen and oxygen atoms in total. The van der Waals surface area contributed by atoms with Crippen molar-refractivity contribution in [3.8, 4) is 0 Å². The third-order valence-corrected chi connectivity index (χ3v) is 4.93. The van der Waals surface area contributed by atoms with Gasteiger partial charge in [0.25, 0.3) is 0 Å². The maximum Gasteiger partial charge on any atom is 0.156 e. The molecule has 0 bridgehead atoms. The average molecular weight is 224 g/mol. The summed E-state index contributed by atoms with van der Waals surface area (Å²) in [6, 6.07) is 0.619. The van der Waals surface area contributed by atoms with Gasteiger partial charge in [0.1, 0.15) is 0 Å². The van der Waals surface area contributed by atoms with E-state index in [1.54, 1.807) is 0 Å². The zero-order valence-electron chi connectivity index (χ0n) is 9.41. The summed E-state index contributed by atoms with van der Waals surface area (Å²) < 4.78 is 0. The molecular formula is C12H20N2S. The lowest BCUT2D eigenvalue weighted by atomic mass is 9.98. The van der Waals surface area contributed by atoms with E-state index in [1.165, 1.54) is 36.6 Å². The lowest BCUT2D eigenvalue weighted by Gasteiger charge is -2.12. The Hall–Kier alpha value is -0.180. The molecule has 1 atom stereocenters. The molecule has 0 aromatic rings. The minimum atomic E-state index is 0.619. The summed E-state index contributed by atoms with van der Waals surface area (Å²) in [5, 5.41) is 4.64. The predicted octanol–water partition coefficient (Wildman–Crippen LogP) is 2.50. The largest absolute Gasteiger partial charge is 0.362 e. The number of nitrogens with one attached hydrogen (secondary N) is 1. The highest BCUT2D eigenvalue weighted by atomic mass is 32.2. The van der Waals surface area contributed by atoms with E-state index in [9.17, 15) is 0 Å². The van der Waals surface area contributed by atoms with Gasteiger partial charge in [-0.25, -0.2) is 0 Å². The Bertz CT molecular complexity index is 257. The lowest BCUT2D eigenvalue weighted by molar-refractivity contribution is 0.418. The molecule has 1 unspecified atom stereocenters. The molecule has 3 heteroatoms. The van der Waals surface area contributed by atoms with Gasteiger partial charge in [-0.15, -0.1) is 0 Å². The molecule has 3 aliphatic rings. The fraction of sp³-hybridized carbons (Fsp3) is 0.917. The van der Waals surface area contributed by atoms with Crippen LogP contribution in [-0.4, -0.2) is 23.5 Å². The molecule has 3 fully saturated rings. The van der Waals surface area contributed by atoms with Gasteiger partial charge in [-0.3, -0.25) is 4.99 Å². The van der Waals surface area contributed by atoms with Crippen molar-refractivity contribution in [1.82, 2.24) is 5.32 Å². The Morgan fingerprint density at radius 1 is 1.33 bits per heavy atom. The lowest BCUT2D eigenvalue weighted by Crippen LogP contribution is -2.24. The molecule has 84 valence electrons. The van der Waals surface area contributed by atoms with E-state index in [1.807, 2.05) is 11.8 Å². The summed E-state index contributed by atoms with van der Waals surface area (Å²) in [4.78, 5) is 4.76. The molecule has 2 saturated carbocycles. The molecule has 1 saturated heterocycles. The number of hydrogen-bond donors (Lipinski definition) is 1. The van der Waals surface area contributed by atoms with Crippen LogP contribution in [0.15, 0.2) is 4.99 Å². The summed E-state index contributed by atoms with van der Waals surface area (Å²) in [5.74, 6) is 4.18. The Balaban J connectivity index is 1.54. The normalized spacial score (nSPS) is 33.7. The molecular weight excluding hydrogens is 204 g/mol. The van der Waals surface area contributed by atoms with Gasteiger partial charge in [0, 0.05) is 18.3 Å². The Morgan fingerprint density at radius 3 is 2.47 bits per heavy atom. The van der Waals surface area contributed by atoms with E-state index in [0.29, 0.717) is 6.04 Å². The predicted molar refractivity (Wildman–Crippen MR) is 66.3 cm³/mol. The van der Waals surface area contributed by atoms with Crippen LogP contribution in [0.1, 0.15) is 32.6 Å². The quantitative estimate of drug-likeness (QED) is 0.793. The summed E-state index contributed by atoms with van der Waals surface area (Å²) in [7, 11) is 0. The van der Waals surface area contributed by atoms with Gasteiger partial charge in [-0.2, -0.15) is 0 Å². The molecule has 2 aliphatic carbocycles. The van der Waals surface area contributed by atoms with Crippen molar-refractivity contribution in [2.24, 2.45) is 22.7 Å². The van der Waals surface area contributed by atoms with Gasteiger partial charge in [0.05, 0.1) is 0 Å². The third kappa shape index (κ3) is 2.49. The summed E-state index contributed by atoms with van der Waals surface area (Å²) >= 11 is 1.90. The Kier molecular flexibility index (Phi) is 2.67. The standard InChI is InChI=1S/C12H20N2S/c1-8-7-15-12(14-8)13-6-11(9-2-3-9)10-4-5-10/h8-11H,2-7H2,1H3,(H,13,14). The van der Waals surface area contributed by atoms with Crippen LogP contribution in [0.3, 0.4) is 0 Å². The maximum absolute atomic E-state index is 4.76. The van der Waals surface area contributed by atoms with Gasteiger partial charge in [0.2, 0.25) is 0 Å². The zero-order valence-corrected chi connectivity index (χ0v) is 10.2. The second-order valence-corrected chi connectivity index (χ2v) is 6.35. The highest BCUT2D eigenvalue weighted by Crippen LogP contribution is 2.49. The first-order valence-electron chi connectivity index (χ1n) is 6.26. The average Bonchev–Trinajstić information content (AvgIpc) is 3.09. The van der Waals surface area contributed by atoms with Crippen LogP contribution in [0.4, 0.5) is 0 Å². The molecule has 0 aromatic carbocycles. The van der Waals surface area contributed by atoms with Crippen molar-refractivity contribution in [1.29, 1.82) is 0 Å². The highest BCUT2D eigenvalue weighted by molar-refractivity contribution is 8.14. The molecule has 0 spiro atoms. The minimum Gasteiger partial charge on any atom is -0.362 e. The molecule has 3 rings (SSSR count). The van der Waals surface area contributed by atoms with E-state index in [0.717, 1.165) is 24.3 Å². The molecule has 0 radical (unpaired) electrons. The first kappa shape index (κ1) is 10.0. The Morgan fingerprint density at radius 2 is 2.00 bits per heavy atom. The third-order valence-electron chi connectivity index (χ3n) is 3.74. The number of hydrogen-bond acceptors (Lipinski definition) is 2. The molecule has 1 heterocycles. The van der Waals surface area contributed by atoms with Crippen molar-refractivity contribution in [2.75, 3.05) is 12.3 Å². The summed E-state index contributed by atoms with van der Waals surface area (Å²) in [6.07, 6.45) is 5.90. The number of thioether (sulfide) groups is 1. The molecule has 0 aromatic heterocycles. The second kappa shape index (κ2) is 4.00. The first-order valence-corrected chi connectivity index (χ1v) is 7.25. The monoisotopic (exact) mass is 224 g/mol. The van der Waals surface area contributed by atoms with E-state index >= 15 is 0 Å². The van der Waals surface area contributed by atoms with Crippen LogP contribution in [0.5, 0.6) is 0 Å². The SMILES string of the molecule is CC1CSC(=NCC(C2CC2)C2CC2)N1. The zero-order chi connectivity index (χ0) is 10.3. The van der Waals surface area contributed by atoms with Gasteiger partial charge < -0.3 is 5.32 Å². The van der Waals surface area contributed by atoms with E-state index in [-0.39, 0.29) is 0 Å². The van der Waals surface area contributed by atoms with Crippen LogP contribution in [0.25, 0.3) is 0 Å². The maximum atomic E-state index is 4.76. The van der Waals surface area contributed by atoms with Crippen molar-refractivity contribution < 1.29 is 0 Å². The van der Waals surface area contributed by atoms with Crippen molar-refractivity contribution >= 4 is 16.9 Å². The van der Waals surface area contributed by atoms with Crippen LogP contribution in [0, 0.1) is 17.8 Å². The van der Waals surface area contributed by atoms with Crippen molar-refractivity contribution in [2.45, 2.75) is 38.6 Å². The molecule has 1 aliphatic heterocycles. The van der Waals surface area contributed by atoms with Crippen LogP contribution >= 0.6 is 11.8 Å². The van der Waals surface area contributed by atoms with E-state index in [4.69, 9.17) is 4.99 Å². The minimum absolute atomic E-state index is 0.619. The number of rotatable bonds is 4. The molecule has 15 heavy (non-hydrogen) atoms.